The molecule has 0 saturated heterocycles. The highest BCUT2D eigenvalue weighted by atomic mass is 32.2. The van der Waals surface area contributed by atoms with E-state index in [-0.39, 0.29) is 0 Å². The topological polar surface area (TPSA) is 17.1 Å². The summed E-state index contributed by atoms with van der Waals surface area (Å²) in [5.74, 6) is 0.805. The number of hydrogen-bond donors (Lipinski definition) is 0. The predicted molar refractivity (Wildman–Crippen MR) is 100 cm³/mol. The Bertz CT molecular complexity index is 411. The average molecular weight is 321 g/mol. The number of benzene rings is 1. The summed E-state index contributed by atoms with van der Waals surface area (Å²) in [7, 11) is -0.814. The van der Waals surface area contributed by atoms with Gasteiger partial charge in [0.25, 0.3) is 0 Å². The van der Waals surface area contributed by atoms with Crippen LogP contribution in [0.3, 0.4) is 0 Å². The fourth-order valence-electron chi connectivity index (χ4n) is 2.52. The van der Waals surface area contributed by atoms with E-state index in [2.05, 4.69) is 6.92 Å². The van der Waals surface area contributed by atoms with Crippen LogP contribution in [0.15, 0.2) is 35.7 Å². The summed E-state index contributed by atoms with van der Waals surface area (Å²) in [4.78, 5) is 0. The molecule has 1 nitrogen and oxygen atoms in total. The van der Waals surface area contributed by atoms with Gasteiger partial charge in [0.15, 0.2) is 0 Å². The molecule has 0 amide bonds. The molecule has 0 radical (unpaired) electrons. The molecule has 0 N–H and O–H groups in total. The van der Waals surface area contributed by atoms with Gasteiger partial charge in [-0.15, -0.1) is 0 Å². The molecular formula is C20H32OS. The van der Waals surface area contributed by atoms with Gasteiger partial charge in [-0.1, -0.05) is 95.0 Å². The SMILES string of the molecule is CCCCCCCCCCCCS(=O)/C=C\c1ccccc1. The van der Waals surface area contributed by atoms with Crippen LogP contribution >= 0.6 is 0 Å². The van der Waals surface area contributed by atoms with E-state index in [0.29, 0.717) is 0 Å². The molecule has 0 aliphatic heterocycles. The van der Waals surface area contributed by atoms with Crippen LogP contribution in [-0.4, -0.2) is 9.96 Å². The number of hydrogen-bond acceptors (Lipinski definition) is 1. The average Bonchev–Trinajstić information content (AvgIpc) is 2.55. The lowest BCUT2D eigenvalue weighted by molar-refractivity contribution is 0.562. The van der Waals surface area contributed by atoms with Gasteiger partial charge >= 0.3 is 0 Å². The number of rotatable bonds is 13. The summed E-state index contributed by atoms with van der Waals surface area (Å²) in [5, 5.41) is 1.84. The van der Waals surface area contributed by atoms with Crippen LogP contribution in [0.25, 0.3) is 6.08 Å². The quantitative estimate of drug-likeness (QED) is 0.388. The zero-order valence-corrected chi connectivity index (χ0v) is 15.0. The maximum Gasteiger partial charge on any atom is 0.0456 e. The Balaban J connectivity index is 1.94. The van der Waals surface area contributed by atoms with Crippen LogP contribution < -0.4 is 0 Å². The van der Waals surface area contributed by atoms with E-state index in [4.69, 9.17) is 0 Å². The third-order valence-electron chi connectivity index (χ3n) is 3.91. The van der Waals surface area contributed by atoms with Crippen molar-refractivity contribution in [3.8, 4) is 0 Å². The fourth-order valence-corrected chi connectivity index (χ4v) is 3.45. The zero-order chi connectivity index (χ0) is 15.9. The Morgan fingerprint density at radius 2 is 1.36 bits per heavy atom. The van der Waals surface area contributed by atoms with Crippen molar-refractivity contribution in [3.63, 3.8) is 0 Å². The van der Waals surface area contributed by atoms with Gasteiger partial charge in [-0.05, 0) is 18.1 Å². The van der Waals surface area contributed by atoms with Gasteiger partial charge in [-0.25, -0.2) is 0 Å². The van der Waals surface area contributed by atoms with Crippen molar-refractivity contribution >= 4 is 16.9 Å². The second-order valence-corrected chi connectivity index (χ2v) is 7.42. The van der Waals surface area contributed by atoms with Gasteiger partial charge in [-0.3, -0.25) is 4.21 Å². The van der Waals surface area contributed by atoms with E-state index in [1.54, 1.807) is 0 Å². The van der Waals surface area contributed by atoms with Gasteiger partial charge in [0.2, 0.25) is 0 Å². The van der Waals surface area contributed by atoms with Crippen molar-refractivity contribution in [1.29, 1.82) is 0 Å². The lowest BCUT2D eigenvalue weighted by Gasteiger charge is -2.01. The van der Waals surface area contributed by atoms with Crippen molar-refractivity contribution in [2.75, 3.05) is 5.75 Å². The summed E-state index contributed by atoms with van der Waals surface area (Å²) in [5.41, 5.74) is 1.12. The van der Waals surface area contributed by atoms with Crippen molar-refractivity contribution in [3.05, 3.63) is 41.3 Å². The van der Waals surface area contributed by atoms with Gasteiger partial charge in [0.1, 0.15) is 0 Å². The lowest BCUT2D eigenvalue weighted by atomic mass is 10.1. The van der Waals surface area contributed by atoms with Crippen LogP contribution in [0.2, 0.25) is 0 Å². The van der Waals surface area contributed by atoms with Crippen molar-refractivity contribution in [2.24, 2.45) is 0 Å². The second-order valence-electron chi connectivity index (χ2n) is 5.98. The molecule has 1 rings (SSSR count). The first-order valence-electron chi connectivity index (χ1n) is 8.93. The standard InChI is InChI=1S/C20H32OS/c1-2-3-4-5-6-7-8-9-10-14-18-22(21)19-17-20-15-12-11-13-16-20/h11-13,15-17,19H,2-10,14,18H2,1H3/b19-17-. The molecule has 0 bridgehead atoms. The summed E-state index contributed by atoms with van der Waals surface area (Å²) >= 11 is 0. The molecule has 0 aliphatic carbocycles. The van der Waals surface area contributed by atoms with E-state index < -0.39 is 10.8 Å². The molecule has 0 saturated carbocycles. The second kappa shape index (κ2) is 13.8. The number of unbranched alkanes of at least 4 members (excludes halogenated alkanes) is 9. The summed E-state index contributed by atoms with van der Waals surface area (Å²) in [6.45, 7) is 2.26. The molecule has 0 aromatic heterocycles. The molecule has 1 unspecified atom stereocenters. The van der Waals surface area contributed by atoms with Crippen LogP contribution in [0.1, 0.15) is 76.7 Å². The molecule has 0 fully saturated rings. The monoisotopic (exact) mass is 320 g/mol. The third kappa shape index (κ3) is 10.8. The highest BCUT2D eigenvalue weighted by Gasteiger charge is 1.96. The van der Waals surface area contributed by atoms with Crippen LogP contribution in [0.5, 0.6) is 0 Å². The minimum Gasteiger partial charge on any atom is -0.255 e. The summed E-state index contributed by atoms with van der Waals surface area (Å²) in [6.07, 6.45) is 15.2. The van der Waals surface area contributed by atoms with Gasteiger partial charge in [-0.2, -0.15) is 0 Å². The first-order chi connectivity index (χ1) is 10.8. The smallest absolute Gasteiger partial charge is 0.0456 e. The van der Waals surface area contributed by atoms with Crippen molar-refractivity contribution in [1.82, 2.24) is 0 Å². The molecule has 0 spiro atoms. The summed E-state index contributed by atoms with van der Waals surface area (Å²) < 4.78 is 11.9. The van der Waals surface area contributed by atoms with Gasteiger partial charge in [0, 0.05) is 22.0 Å². The Labute approximate surface area is 139 Å². The summed E-state index contributed by atoms with van der Waals surface area (Å²) in [6, 6.07) is 10.1. The molecule has 1 atom stereocenters. The Hall–Kier alpha value is -0.890. The minimum absolute atomic E-state index is 0.805. The van der Waals surface area contributed by atoms with E-state index in [0.717, 1.165) is 17.7 Å². The maximum atomic E-state index is 11.9. The zero-order valence-electron chi connectivity index (χ0n) is 14.1. The van der Waals surface area contributed by atoms with Crippen molar-refractivity contribution in [2.45, 2.75) is 71.1 Å². The van der Waals surface area contributed by atoms with Gasteiger partial charge < -0.3 is 0 Å². The van der Waals surface area contributed by atoms with E-state index >= 15 is 0 Å². The molecule has 0 heterocycles. The fraction of sp³-hybridized carbons (Fsp3) is 0.600. The Morgan fingerprint density at radius 3 is 1.95 bits per heavy atom. The van der Waals surface area contributed by atoms with E-state index in [1.807, 2.05) is 41.8 Å². The molecule has 1 aromatic rings. The van der Waals surface area contributed by atoms with Crippen LogP contribution in [-0.2, 0) is 10.8 Å². The molecular weight excluding hydrogens is 288 g/mol. The molecule has 124 valence electrons. The normalized spacial score (nSPS) is 12.8. The van der Waals surface area contributed by atoms with E-state index in [9.17, 15) is 4.21 Å². The van der Waals surface area contributed by atoms with Crippen molar-refractivity contribution < 1.29 is 4.21 Å². The van der Waals surface area contributed by atoms with Gasteiger partial charge in [0.05, 0.1) is 0 Å². The highest BCUT2D eigenvalue weighted by molar-refractivity contribution is 7.88. The van der Waals surface area contributed by atoms with E-state index in [1.165, 1.54) is 57.8 Å². The Kier molecular flexibility index (Phi) is 12.0. The maximum absolute atomic E-state index is 11.9. The minimum atomic E-state index is -0.814. The molecule has 2 heteroatoms. The van der Waals surface area contributed by atoms with Crippen LogP contribution in [0.4, 0.5) is 0 Å². The molecule has 22 heavy (non-hydrogen) atoms. The molecule has 0 aliphatic rings. The highest BCUT2D eigenvalue weighted by Crippen LogP contribution is 2.11. The first kappa shape index (κ1) is 19.2. The van der Waals surface area contributed by atoms with Crippen LogP contribution in [0, 0.1) is 0 Å². The first-order valence-corrected chi connectivity index (χ1v) is 10.3. The largest absolute Gasteiger partial charge is 0.255 e. The molecule has 1 aromatic carbocycles. The third-order valence-corrected chi connectivity index (χ3v) is 5.04. The predicted octanol–water partition coefficient (Wildman–Crippen LogP) is 6.33. The Morgan fingerprint density at radius 1 is 0.818 bits per heavy atom. The lowest BCUT2D eigenvalue weighted by Crippen LogP contribution is -1.93.